The highest BCUT2D eigenvalue weighted by Crippen LogP contribution is 2.18. The molecule has 1 fully saturated rings. The number of hydrogen-bond donors (Lipinski definition) is 2. The standard InChI is InChI=1S/C16H25N3O2/c1-2-21-15-8-5-9-19(12-15)11-14-7-4-3-6-13(14)10-16(20)18-17/h3-4,6-7,15H,2,5,8-12,17H2,1H3,(H,18,20). The normalized spacial score (nSPS) is 19.4. The molecular formula is C16H25N3O2. The van der Waals surface area contributed by atoms with Gasteiger partial charge in [-0.05, 0) is 37.4 Å². The Morgan fingerprint density at radius 1 is 1.43 bits per heavy atom. The molecule has 1 aliphatic rings. The van der Waals surface area contributed by atoms with Gasteiger partial charge < -0.3 is 4.74 Å². The topological polar surface area (TPSA) is 67.6 Å². The van der Waals surface area contributed by atoms with E-state index in [2.05, 4.69) is 16.4 Å². The summed E-state index contributed by atoms with van der Waals surface area (Å²) in [7, 11) is 0. The third-order valence-corrected chi connectivity index (χ3v) is 3.89. The van der Waals surface area contributed by atoms with Gasteiger partial charge in [-0.2, -0.15) is 0 Å². The zero-order chi connectivity index (χ0) is 15.1. The average molecular weight is 291 g/mol. The molecule has 1 atom stereocenters. The summed E-state index contributed by atoms with van der Waals surface area (Å²) in [5, 5.41) is 0. The van der Waals surface area contributed by atoms with Gasteiger partial charge in [-0.15, -0.1) is 0 Å². The van der Waals surface area contributed by atoms with Crippen LogP contribution in [0.5, 0.6) is 0 Å². The maximum absolute atomic E-state index is 11.5. The van der Waals surface area contributed by atoms with Crippen LogP contribution in [-0.4, -0.2) is 36.6 Å². The first-order valence-electron chi connectivity index (χ1n) is 7.63. The number of carbonyl (C=O) groups excluding carboxylic acids is 1. The van der Waals surface area contributed by atoms with Gasteiger partial charge in [0.15, 0.2) is 0 Å². The third-order valence-electron chi connectivity index (χ3n) is 3.89. The number of piperidine rings is 1. The summed E-state index contributed by atoms with van der Waals surface area (Å²) in [5.41, 5.74) is 4.43. The predicted molar refractivity (Wildman–Crippen MR) is 82.4 cm³/mol. The molecule has 0 aromatic heterocycles. The van der Waals surface area contributed by atoms with Crippen LogP contribution < -0.4 is 11.3 Å². The number of carbonyl (C=O) groups is 1. The number of amides is 1. The van der Waals surface area contributed by atoms with E-state index in [9.17, 15) is 4.79 Å². The summed E-state index contributed by atoms with van der Waals surface area (Å²) < 4.78 is 5.74. The van der Waals surface area contributed by atoms with E-state index >= 15 is 0 Å². The van der Waals surface area contributed by atoms with Crippen molar-refractivity contribution in [2.75, 3.05) is 19.7 Å². The second kappa shape index (κ2) is 8.12. The molecule has 2 rings (SSSR count). The fourth-order valence-corrected chi connectivity index (χ4v) is 2.88. The quantitative estimate of drug-likeness (QED) is 0.470. The van der Waals surface area contributed by atoms with Gasteiger partial charge in [0.05, 0.1) is 12.5 Å². The maximum atomic E-state index is 11.5. The molecule has 5 nitrogen and oxygen atoms in total. The molecule has 0 bridgehead atoms. The van der Waals surface area contributed by atoms with Gasteiger partial charge in [0.2, 0.25) is 5.91 Å². The van der Waals surface area contributed by atoms with Crippen LogP contribution in [0, 0.1) is 0 Å². The molecular weight excluding hydrogens is 266 g/mol. The van der Waals surface area contributed by atoms with Crippen molar-refractivity contribution < 1.29 is 9.53 Å². The monoisotopic (exact) mass is 291 g/mol. The molecule has 0 aliphatic carbocycles. The number of ether oxygens (including phenoxy) is 1. The molecule has 116 valence electrons. The Morgan fingerprint density at radius 3 is 2.90 bits per heavy atom. The lowest BCUT2D eigenvalue weighted by Crippen LogP contribution is -2.39. The lowest BCUT2D eigenvalue weighted by Gasteiger charge is -2.32. The minimum absolute atomic E-state index is 0.159. The highest BCUT2D eigenvalue weighted by Gasteiger charge is 2.20. The smallest absolute Gasteiger partial charge is 0.238 e. The zero-order valence-electron chi connectivity index (χ0n) is 12.7. The van der Waals surface area contributed by atoms with E-state index in [1.807, 2.05) is 25.1 Å². The molecule has 0 spiro atoms. The van der Waals surface area contributed by atoms with Crippen LogP contribution in [-0.2, 0) is 22.5 Å². The van der Waals surface area contributed by atoms with Crippen molar-refractivity contribution in [3.05, 3.63) is 35.4 Å². The molecule has 1 amide bonds. The number of benzene rings is 1. The van der Waals surface area contributed by atoms with Crippen molar-refractivity contribution in [2.24, 2.45) is 5.84 Å². The third kappa shape index (κ3) is 4.81. The van der Waals surface area contributed by atoms with Gasteiger partial charge in [-0.25, -0.2) is 5.84 Å². The number of nitrogens with two attached hydrogens (primary N) is 1. The lowest BCUT2D eigenvalue weighted by molar-refractivity contribution is -0.120. The van der Waals surface area contributed by atoms with E-state index in [1.165, 1.54) is 5.56 Å². The summed E-state index contributed by atoms with van der Waals surface area (Å²) in [4.78, 5) is 13.9. The number of rotatable bonds is 6. The molecule has 1 unspecified atom stereocenters. The van der Waals surface area contributed by atoms with E-state index in [0.717, 1.165) is 44.6 Å². The first-order valence-corrected chi connectivity index (χ1v) is 7.63. The van der Waals surface area contributed by atoms with Crippen LogP contribution in [0.25, 0.3) is 0 Å². The Hall–Kier alpha value is -1.43. The van der Waals surface area contributed by atoms with E-state index in [0.29, 0.717) is 12.5 Å². The van der Waals surface area contributed by atoms with Crippen molar-refractivity contribution in [3.63, 3.8) is 0 Å². The first kappa shape index (κ1) is 15.9. The van der Waals surface area contributed by atoms with Crippen molar-refractivity contribution in [1.82, 2.24) is 10.3 Å². The van der Waals surface area contributed by atoms with Gasteiger partial charge >= 0.3 is 0 Å². The van der Waals surface area contributed by atoms with E-state index in [1.54, 1.807) is 0 Å². The zero-order valence-corrected chi connectivity index (χ0v) is 12.7. The van der Waals surface area contributed by atoms with E-state index in [4.69, 9.17) is 10.6 Å². The average Bonchev–Trinajstić information content (AvgIpc) is 2.50. The Balaban J connectivity index is 2.00. The number of hydrazine groups is 1. The van der Waals surface area contributed by atoms with Gasteiger partial charge in [0, 0.05) is 19.7 Å². The molecule has 1 aromatic rings. The fraction of sp³-hybridized carbons (Fsp3) is 0.562. The molecule has 0 saturated carbocycles. The Kier molecular flexibility index (Phi) is 6.17. The van der Waals surface area contributed by atoms with Crippen molar-refractivity contribution in [1.29, 1.82) is 0 Å². The number of hydrogen-bond acceptors (Lipinski definition) is 4. The molecule has 21 heavy (non-hydrogen) atoms. The van der Waals surface area contributed by atoms with Crippen molar-refractivity contribution >= 4 is 5.91 Å². The van der Waals surface area contributed by atoms with Gasteiger partial charge in [-0.3, -0.25) is 15.1 Å². The van der Waals surface area contributed by atoms with Crippen molar-refractivity contribution in [3.8, 4) is 0 Å². The predicted octanol–water partition coefficient (Wildman–Crippen LogP) is 1.22. The molecule has 0 radical (unpaired) electrons. The summed E-state index contributed by atoms with van der Waals surface area (Å²) in [5.74, 6) is 5.02. The lowest BCUT2D eigenvalue weighted by atomic mass is 10.0. The Bertz CT molecular complexity index is 463. The second-order valence-electron chi connectivity index (χ2n) is 5.47. The van der Waals surface area contributed by atoms with E-state index < -0.39 is 0 Å². The molecule has 1 aromatic carbocycles. The fourth-order valence-electron chi connectivity index (χ4n) is 2.88. The highest BCUT2D eigenvalue weighted by atomic mass is 16.5. The Morgan fingerprint density at radius 2 is 2.19 bits per heavy atom. The number of nitrogens with zero attached hydrogens (tertiary/aromatic N) is 1. The Labute approximate surface area is 126 Å². The minimum Gasteiger partial charge on any atom is -0.377 e. The summed E-state index contributed by atoms with van der Waals surface area (Å²) in [6.45, 7) is 5.72. The van der Waals surface area contributed by atoms with Crippen LogP contribution >= 0.6 is 0 Å². The van der Waals surface area contributed by atoms with Crippen LogP contribution in [0.1, 0.15) is 30.9 Å². The van der Waals surface area contributed by atoms with Crippen molar-refractivity contribution in [2.45, 2.75) is 38.8 Å². The highest BCUT2D eigenvalue weighted by molar-refractivity contribution is 5.78. The van der Waals surface area contributed by atoms with Crippen LogP contribution in [0.2, 0.25) is 0 Å². The molecule has 5 heteroatoms. The largest absolute Gasteiger partial charge is 0.377 e. The summed E-state index contributed by atoms with van der Waals surface area (Å²) >= 11 is 0. The van der Waals surface area contributed by atoms with Gasteiger partial charge in [-0.1, -0.05) is 24.3 Å². The van der Waals surface area contributed by atoms with Crippen LogP contribution in [0.15, 0.2) is 24.3 Å². The molecule has 1 saturated heterocycles. The first-order chi connectivity index (χ1) is 10.2. The molecule has 3 N–H and O–H groups in total. The van der Waals surface area contributed by atoms with Crippen LogP contribution in [0.3, 0.4) is 0 Å². The van der Waals surface area contributed by atoms with E-state index in [-0.39, 0.29) is 5.91 Å². The summed E-state index contributed by atoms with van der Waals surface area (Å²) in [6.07, 6.45) is 2.97. The van der Waals surface area contributed by atoms with Gasteiger partial charge in [0.1, 0.15) is 0 Å². The second-order valence-corrected chi connectivity index (χ2v) is 5.47. The minimum atomic E-state index is -0.159. The van der Waals surface area contributed by atoms with Gasteiger partial charge in [0.25, 0.3) is 0 Å². The molecule has 1 aliphatic heterocycles. The number of nitrogens with one attached hydrogen (secondary N) is 1. The molecule has 1 heterocycles. The van der Waals surface area contributed by atoms with Crippen LogP contribution in [0.4, 0.5) is 0 Å². The number of likely N-dealkylation sites (tertiary alicyclic amines) is 1. The summed E-state index contributed by atoms with van der Waals surface area (Å²) in [6, 6.07) is 8.06. The maximum Gasteiger partial charge on any atom is 0.238 e. The SMILES string of the molecule is CCOC1CCCN(Cc2ccccc2CC(=O)NN)C1.